The van der Waals surface area contributed by atoms with E-state index in [1.54, 1.807) is 6.20 Å². The molecule has 0 fully saturated rings. The van der Waals surface area contributed by atoms with Crippen LogP contribution < -0.4 is 5.32 Å². The molecule has 72 valence electrons. The molecule has 0 spiro atoms. The lowest BCUT2D eigenvalue weighted by atomic mass is 10.1. The van der Waals surface area contributed by atoms with Gasteiger partial charge >= 0.3 is 0 Å². The third-order valence-corrected chi connectivity index (χ3v) is 2.11. The van der Waals surface area contributed by atoms with Gasteiger partial charge in [0.05, 0.1) is 11.7 Å². The number of nitrogens with one attached hydrogen (secondary N) is 2. The maximum atomic E-state index is 4.28. The Morgan fingerprint density at radius 1 is 1.50 bits per heavy atom. The van der Waals surface area contributed by atoms with Crippen molar-refractivity contribution >= 4 is 16.6 Å². The maximum absolute atomic E-state index is 4.28. The van der Waals surface area contributed by atoms with E-state index in [0.717, 1.165) is 22.2 Å². The summed E-state index contributed by atoms with van der Waals surface area (Å²) in [5.41, 5.74) is 4.10. The van der Waals surface area contributed by atoms with Crippen molar-refractivity contribution in [3.05, 3.63) is 30.2 Å². The van der Waals surface area contributed by atoms with Crippen LogP contribution in [0.1, 0.15) is 12.5 Å². The van der Waals surface area contributed by atoms with Crippen LogP contribution in [0.5, 0.6) is 0 Å². The van der Waals surface area contributed by atoms with Crippen LogP contribution in [0.15, 0.2) is 24.7 Å². The number of aromatic amines is 1. The normalized spacial score (nSPS) is 12.0. The predicted octanol–water partition coefficient (Wildman–Crippen LogP) is 1.54. The maximum Gasteiger partial charge on any atom is 0.108 e. The number of hydrogen-bond acceptors (Lipinski definition) is 3. The first kappa shape index (κ1) is 8.74. The summed E-state index contributed by atoms with van der Waals surface area (Å²) in [5, 5.41) is 9.81. The fourth-order valence-corrected chi connectivity index (χ4v) is 1.35. The van der Waals surface area contributed by atoms with E-state index in [4.69, 9.17) is 0 Å². The summed E-state index contributed by atoms with van der Waals surface area (Å²) in [7, 11) is 1.88. The van der Waals surface area contributed by atoms with Crippen molar-refractivity contribution in [2.45, 2.75) is 6.92 Å². The van der Waals surface area contributed by atoms with Gasteiger partial charge in [0.15, 0.2) is 0 Å². The topological polar surface area (TPSA) is 53.6 Å². The van der Waals surface area contributed by atoms with Crippen molar-refractivity contribution in [2.24, 2.45) is 0 Å². The molecule has 2 heterocycles. The summed E-state index contributed by atoms with van der Waals surface area (Å²) in [6, 6.07) is 2.04. The van der Waals surface area contributed by atoms with Crippen molar-refractivity contribution < 1.29 is 0 Å². The summed E-state index contributed by atoms with van der Waals surface area (Å²) >= 11 is 0. The fraction of sp³-hybridized carbons (Fsp3) is 0.200. The van der Waals surface area contributed by atoms with E-state index in [9.17, 15) is 0 Å². The molecule has 0 radical (unpaired) electrons. The number of hydrogen-bond donors (Lipinski definition) is 2. The SMILES string of the molecule is CN/C=C(\C)c1cnc2cn[nH]c2c1. The minimum Gasteiger partial charge on any atom is -0.394 e. The molecule has 0 saturated heterocycles. The van der Waals surface area contributed by atoms with Gasteiger partial charge in [-0.15, -0.1) is 0 Å². The highest BCUT2D eigenvalue weighted by atomic mass is 15.1. The Hall–Kier alpha value is -1.84. The second kappa shape index (κ2) is 3.49. The highest BCUT2D eigenvalue weighted by Crippen LogP contribution is 2.15. The molecule has 2 rings (SSSR count). The number of pyridine rings is 1. The monoisotopic (exact) mass is 188 g/mol. The number of aromatic nitrogens is 3. The number of fused-ring (bicyclic) bond motifs is 1. The Kier molecular flexibility index (Phi) is 2.18. The minimum absolute atomic E-state index is 0.894. The zero-order valence-electron chi connectivity index (χ0n) is 8.20. The van der Waals surface area contributed by atoms with Crippen LogP contribution in [0.2, 0.25) is 0 Å². The molecule has 0 amide bonds. The molecule has 2 aromatic heterocycles. The van der Waals surface area contributed by atoms with Gasteiger partial charge in [-0.05, 0) is 30.3 Å². The first-order valence-electron chi connectivity index (χ1n) is 4.45. The largest absolute Gasteiger partial charge is 0.394 e. The van der Waals surface area contributed by atoms with Crippen molar-refractivity contribution in [3.8, 4) is 0 Å². The average Bonchev–Trinajstić information content (AvgIpc) is 2.64. The third-order valence-electron chi connectivity index (χ3n) is 2.11. The number of H-pyrrole nitrogens is 1. The fourth-order valence-electron chi connectivity index (χ4n) is 1.35. The number of nitrogens with zero attached hydrogens (tertiary/aromatic N) is 2. The van der Waals surface area contributed by atoms with Crippen LogP contribution in [-0.2, 0) is 0 Å². The van der Waals surface area contributed by atoms with Gasteiger partial charge in [0, 0.05) is 13.2 Å². The van der Waals surface area contributed by atoms with E-state index >= 15 is 0 Å². The summed E-state index contributed by atoms with van der Waals surface area (Å²) < 4.78 is 0. The summed E-state index contributed by atoms with van der Waals surface area (Å²) in [6.07, 6.45) is 5.51. The lowest BCUT2D eigenvalue weighted by Crippen LogP contribution is -1.94. The second-order valence-electron chi connectivity index (χ2n) is 3.14. The first-order valence-corrected chi connectivity index (χ1v) is 4.45. The molecule has 4 nitrogen and oxygen atoms in total. The van der Waals surface area contributed by atoms with E-state index in [2.05, 4.69) is 20.5 Å². The van der Waals surface area contributed by atoms with Gasteiger partial charge in [-0.3, -0.25) is 10.1 Å². The molecule has 0 saturated carbocycles. The van der Waals surface area contributed by atoms with E-state index in [0.29, 0.717) is 0 Å². The molecule has 0 aliphatic rings. The smallest absolute Gasteiger partial charge is 0.108 e. The third kappa shape index (κ3) is 1.46. The molecule has 0 bridgehead atoms. The predicted molar refractivity (Wildman–Crippen MR) is 56.6 cm³/mol. The van der Waals surface area contributed by atoms with E-state index in [-0.39, 0.29) is 0 Å². The van der Waals surface area contributed by atoms with Crippen LogP contribution in [0.4, 0.5) is 0 Å². The quantitative estimate of drug-likeness (QED) is 0.751. The van der Waals surface area contributed by atoms with E-state index < -0.39 is 0 Å². The second-order valence-corrected chi connectivity index (χ2v) is 3.14. The zero-order valence-corrected chi connectivity index (χ0v) is 8.20. The van der Waals surface area contributed by atoms with Crippen molar-refractivity contribution in [1.82, 2.24) is 20.5 Å². The van der Waals surface area contributed by atoms with Gasteiger partial charge in [0.2, 0.25) is 0 Å². The van der Waals surface area contributed by atoms with Gasteiger partial charge in [-0.25, -0.2) is 0 Å². The molecule has 0 aliphatic carbocycles. The summed E-state index contributed by atoms with van der Waals surface area (Å²) in [4.78, 5) is 4.28. The Bertz CT molecular complexity index is 470. The van der Waals surface area contributed by atoms with E-state index in [1.807, 2.05) is 32.4 Å². The van der Waals surface area contributed by atoms with Crippen LogP contribution in [0.25, 0.3) is 16.6 Å². The van der Waals surface area contributed by atoms with Crippen LogP contribution in [0.3, 0.4) is 0 Å². The van der Waals surface area contributed by atoms with Crippen molar-refractivity contribution in [3.63, 3.8) is 0 Å². The van der Waals surface area contributed by atoms with Crippen LogP contribution in [0, 0.1) is 0 Å². The molecule has 0 unspecified atom stereocenters. The lowest BCUT2D eigenvalue weighted by Gasteiger charge is -2.00. The Morgan fingerprint density at radius 2 is 2.36 bits per heavy atom. The van der Waals surface area contributed by atoms with Gasteiger partial charge in [-0.1, -0.05) is 0 Å². The molecular weight excluding hydrogens is 176 g/mol. The minimum atomic E-state index is 0.894. The zero-order chi connectivity index (χ0) is 9.97. The lowest BCUT2D eigenvalue weighted by molar-refractivity contribution is 1.10. The Balaban J connectivity index is 2.48. The first-order chi connectivity index (χ1) is 6.81. The van der Waals surface area contributed by atoms with E-state index in [1.165, 1.54) is 0 Å². The molecule has 0 atom stereocenters. The number of allylic oxidation sites excluding steroid dienone is 1. The van der Waals surface area contributed by atoms with Crippen molar-refractivity contribution in [1.29, 1.82) is 0 Å². The summed E-state index contributed by atoms with van der Waals surface area (Å²) in [5.74, 6) is 0. The molecule has 4 heteroatoms. The molecule has 2 aromatic rings. The van der Waals surface area contributed by atoms with Crippen LogP contribution in [-0.4, -0.2) is 22.2 Å². The van der Waals surface area contributed by atoms with Gasteiger partial charge in [-0.2, -0.15) is 5.10 Å². The summed E-state index contributed by atoms with van der Waals surface area (Å²) in [6.45, 7) is 2.04. The van der Waals surface area contributed by atoms with Gasteiger partial charge < -0.3 is 5.32 Å². The Morgan fingerprint density at radius 3 is 3.14 bits per heavy atom. The molecule has 0 aromatic carbocycles. The van der Waals surface area contributed by atoms with Gasteiger partial charge in [0.1, 0.15) is 5.52 Å². The molecule has 14 heavy (non-hydrogen) atoms. The average molecular weight is 188 g/mol. The molecule has 2 N–H and O–H groups in total. The highest BCUT2D eigenvalue weighted by Gasteiger charge is 2.00. The molecular formula is C10H12N4. The van der Waals surface area contributed by atoms with Crippen molar-refractivity contribution in [2.75, 3.05) is 7.05 Å². The van der Waals surface area contributed by atoms with Gasteiger partial charge in [0.25, 0.3) is 0 Å². The standard InChI is InChI=1S/C10H12N4/c1-7(4-11-2)8-3-9-10(12-5-8)6-13-14-9/h3-6,11H,1-2H3,(H,13,14)/b7-4+. The highest BCUT2D eigenvalue weighted by molar-refractivity contribution is 5.78. The molecule has 0 aliphatic heterocycles. The Labute approximate surface area is 82.1 Å². The number of rotatable bonds is 2. The van der Waals surface area contributed by atoms with Crippen LogP contribution >= 0.6 is 0 Å².